The van der Waals surface area contributed by atoms with Gasteiger partial charge in [0.1, 0.15) is 17.6 Å². The molecular weight excluding hydrogens is 588 g/mol. The van der Waals surface area contributed by atoms with Gasteiger partial charge in [-0.2, -0.15) is 5.26 Å². The molecule has 232 valence electrons. The number of hydrogen-bond donors (Lipinski definition) is 2. The zero-order valence-corrected chi connectivity index (χ0v) is 26.4. The van der Waals surface area contributed by atoms with Crippen molar-refractivity contribution in [3.05, 3.63) is 118 Å². The number of ether oxygens (including phenoxy) is 2. The van der Waals surface area contributed by atoms with Crippen LogP contribution in [0, 0.1) is 11.3 Å². The van der Waals surface area contributed by atoms with E-state index in [1.165, 1.54) is 0 Å². The van der Waals surface area contributed by atoms with E-state index in [0.29, 0.717) is 21.9 Å². The highest BCUT2D eigenvalue weighted by Gasteiger charge is 2.27. The van der Waals surface area contributed by atoms with Crippen molar-refractivity contribution in [3.8, 4) is 28.7 Å². The van der Waals surface area contributed by atoms with Crippen molar-refractivity contribution in [2.24, 2.45) is 0 Å². The number of carbonyl (C=O) groups is 2. The van der Waals surface area contributed by atoms with Crippen LogP contribution in [0.15, 0.2) is 91.0 Å². The minimum atomic E-state index is -0.968. The van der Waals surface area contributed by atoms with E-state index in [0.717, 1.165) is 40.8 Å². The van der Waals surface area contributed by atoms with Gasteiger partial charge >= 0.3 is 5.97 Å². The van der Waals surface area contributed by atoms with E-state index >= 15 is 0 Å². The molecule has 0 aliphatic heterocycles. The van der Waals surface area contributed by atoms with Crippen LogP contribution in [0.2, 0.25) is 5.02 Å². The first kappa shape index (κ1) is 33.1. The number of aliphatic carboxylic acids is 1. The van der Waals surface area contributed by atoms with E-state index in [9.17, 15) is 14.9 Å². The van der Waals surface area contributed by atoms with Crippen molar-refractivity contribution in [2.45, 2.75) is 58.2 Å². The predicted octanol–water partition coefficient (Wildman–Crippen LogP) is 8.57. The van der Waals surface area contributed by atoms with Crippen LogP contribution < -0.4 is 14.8 Å². The highest BCUT2D eigenvalue weighted by molar-refractivity contribution is 6.30. The molecule has 2 atom stereocenters. The Kier molecular flexibility index (Phi) is 11.6. The summed E-state index contributed by atoms with van der Waals surface area (Å²) in [7, 11) is 0. The Labute approximate surface area is 269 Å². The molecule has 4 rings (SSSR count). The van der Waals surface area contributed by atoms with E-state index in [1.54, 1.807) is 18.2 Å². The SMILES string of the molecule is CCC[C@H](c1ccc(C(=O)NCCC(=O)O)cc1)[C@@H](Oc1ccc(C#N)c(-c2ccc(OC(C)C)cc2)c1)c1ccc(Cl)cc1. The third-order valence-electron chi connectivity index (χ3n) is 7.30. The normalized spacial score (nSPS) is 12.2. The first-order valence-corrected chi connectivity index (χ1v) is 15.4. The van der Waals surface area contributed by atoms with Crippen molar-refractivity contribution in [1.29, 1.82) is 5.26 Å². The summed E-state index contributed by atoms with van der Waals surface area (Å²) in [5.41, 5.74) is 4.54. The number of halogens is 1. The molecule has 4 aromatic carbocycles. The minimum absolute atomic E-state index is 0.0558. The number of hydrogen-bond acceptors (Lipinski definition) is 5. The fraction of sp³-hybridized carbons (Fsp3) is 0.270. The highest BCUT2D eigenvalue weighted by Crippen LogP contribution is 2.40. The molecule has 0 saturated carbocycles. The van der Waals surface area contributed by atoms with E-state index in [4.69, 9.17) is 26.2 Å². The number of benzene rings is 4. The number of nitrogens with zero attached hydrogens (tertiary/aromatic N) is 1. The number of nitriles is 1. The van der Waals surface area contributed by atoms with Gasteiger partial charge in [0.15, 0.2) is 0 Å². The van der Waals surface area contributed by atoms with Gasteiger partial charge in [-0.15, -0.1) is 0 Å². The second-order valence-corrected chi connectivity index (χ2v) is 11.5. The molecule has 45 heavy (non-hydrogen) atoms. The monoisotopic (exact) mass is 624 g/mol. The van der Waals surface area contributed by atoms with Gasteiger partial charge in [-0.25, -0.2) is 0 Å². The molecule has 0 aliphatic rings. The predicted molar refractivity (Wildman–Crippen MR) is 176 cm³/mol. The molecular formula is C37H37ClN2O5. The Bertz CT molecular complexity index is 1630. The second-order valence-electron chi connectivity index (χ2n) is 11.0. The lowest BCUT2D eigenvalue weighted by Gasteiger charge is -2.29. The molecule has 8 heteroatoms. The topological polar surface area (TPSA) is 109 Å². The number of nitrogens with one attached hydrogen (secondary N) is 1. The van der Waals surface area contributed by atoms with Gasteiger partial charge in [-0.3, -0.25) is 9.59 Å². The number of carboxylic acids is 1. The van der Waals surface area contributed by atoms with Gasteiger partial charge in [0.05, 0.1) is 24.2 Å². The molecule has 0 spiro atoms. The molecule has 0 aliphatic carbocycles. The Balaban J connectivity index is 1.67. The molecule has 1 amide bonds. The largest absolute Gasteiger partial charge is 0.491 e. The lowest BCUT2D eigenvalue weighted by molar-refractivity contribution is -0.136. The third kappa shape index (κ3) is 9.10. The van der Waals surface area contributed by atoms with Crippen LogP contribution in [0.4, 0.5) is 0 Å². The Morgan fingerprint density at radius 1 is 0.889 bits per heavy atom. The van der Waals surface area contributed by atoms with Gasteiger partial charge in [-0.1, -0.05) is 61.3 Å². The fourth-order valence-electron chi connectivity index (χ4n) is 5.17. The molecule has 0 saturated heterocycles. The summed E-state index contributed by atoms with van der Waals surface area (Å²) in [6, 6.07) is 30.4. The maximum absolute atomic E-state index is 12.6. The molecule has 0 radical (unpaired) electrons. The number of amides is 1. The first-order valence-electron chi connectivity index (χ1n) is 15.0. The summed E-state index contributed by atoms with van der Waals surface area (Å²) >= 11 is 6.24. The number of rotatable bonds is 14. The summed E-state index contributed by atoms with van der Waals surface area (Å²) in [5, 5.41) is 22.0. The second kappa shape index (κ2) is 15.8. The van der Waals surface area contributed by atoms with E-state index in [-0.39, 0.29) is 30.9 Å². The van der Waals surface area contributed by atoms with Crippen molar-refractivity contribution < 1.29 is 24.2 Å². The highest BCUT2D eigenvalue weighted by atomic mass is 35.5. The standard InChI is InChI=1S/C37H37ClN2O5/c1-4-5-33(25-6-8-28(9-7-25)37(43)40-21-20-35(41)42)36(27-10-15-30(38)16-11-27)45-32-19-14-29(23-39)34(22-32)26-12-17-31(18-13-26)44-24(2)3/h6-19,22,24,33,36H,4-5,20-21H2,1-3H3,(H,40,43)(H,41,42)/t33-,36+/m1/s1. The van der Waals surface area contributed by atoms with Crippen LogP contribution in [0.25, 0.3) is 11.1 Å². The molecule has 0 fully saturated rings. The molecule has 0 aromatic heterocycles. The van der Waals surface area contributed by atoms with Crippen LogP contribution in [-0.4, -0.2) is 29.6 Å². The first-order chi connectivity index (χ1) is 21.7. The number of carbonyl (C=O) groups excluding carboxylic acids is 1. The van der Waals surface area contributed by atoms with Crippen LogP contribution >= 0.6 is 11.6 Å². The molecule has 7 nitrogen and oxygen atoms in total. The zero-order valence-electron chi connectivity index (χ0n) is 25.6. The Morgan fingerprint density at radius 3 is 2.13 bits per heavy atom. The average Bonchev–Trinajstić information content (AvgIpc) is 3.03. The smallest absolute Gasteiger partial charge is 0.305 e. The molecule has 0 unspecified atom stereocenters. The number of carboxylic acid groups (broad SMARTS) is 1. The van der Waals surface area contributed by atoms with Crippen LogP contribution in [0.5, 0.6) is 11.5 Å². The summed E-state index contributed by atoms with van der Waals surface area (Å²) < 4.78 is 12.6. The minimum Gasteiger partial charge on any atom is -0.491 e. The van der Waals surface area contributed by atoms with Crippen molar-refractivity contribution in [1.82, 2.24) is 5.32 Å². The molecule has 4 aromatic rings. The van der Waals surface area contributed by atoms with Crippen molar-refractivity contribution >= 4 is 23.5 Å². The quantitative estimate of drug-likeness (QED) is 0.145. The zero-order chi connectivity index (χ0) is 32.3. The molecule has 0 bridgehead atoms. The van der Waals surface area contributed by atoms with Gasteiger partial charge in [0.2, 0.25) is 0 Å². The van der Waals surface area contributed by atoms with E-state index < -0.39 is 12.1 Å². The van der Waals surface area contributed by atoms with Crippen molar-refractivity contribution in [2.75, 3.05) is 6.54 Å². The summed E-state index contributed by atoms with van der Waals surface area (Å²) in [5.74, 6) is 0.00144. The van der Waals surface area contributed by atoms with Crippen LogP contribution in [0.3, 0.4) is 0 Å². The Hall–Kier alpha value is -4.80. The maximum Gasteiger partial charge on any atom is 0.305 e. The molecule has 2 N–H and O–H groups in total. The van der Waals surface area contributed by atoms with Crippen molar-refractivity contribution in [3.63, 3.8) is 0 Å². The van der Waals surface area contributed by atoms with Crippen LogP contribution in [0.1, 0.15) is 79.1 Å². The summed E-state index contributed by atoms with van der Waals surface area (Å²) in [6.45, 7) is 6.12. The lowest BCUT2D eigenvalue weighted by Crippen LogP contribution is -2.26. The summed E-state index contributed by atoms with van der Waals surface area (Å²) in [4.78, 5) is 23.4. The van der Waals surface area contributed by atoms with Gasteiger partial charge < -0.3 is 19.9 Å². The van der Waals surface area contributed by atoms with Gasteiger partial charge in [0.25, 0.3) is 5.91 Å². The van der Waals surface area contributed by atoms with Gasteiger partial charge in [0, 0.05) is 28.6 Å². The van der Waals surface area contributed by atoms with Gasteiger partial charge in [-0.05, 0) is 91.6 Å². The lowest BCUT2D eigenvalue weighted by atomic mass is 9.85. The summed E-state index contributed by atoms with van der Waals surface area (Å²) in [6.07, 6.45) is 1.20. The van der Waals surface area contributed by atoms with E-state index in [1.807, 2.05) is 86.6 Å². The molecule has 0 heterocycles. The third-order valence-corrected chi connectivity index (χ3v) is 7.55. The Morgan fingerprint density at radius 2 is 1.53 bits per heavy atom. The van der Waals surface area contributed by atoms with E-state index in [2.05, 4.69) is 18.3 Å². The fourth-order valence-corrected chi connectivity index (χ4v) is 5.30. The maximum atomic E-state index is 12.6. The average molecular weight is 625 g/mol. The van der Waals surface area contributed by atoms with Crippen LogP contribution in [-0.2, 0) is 4.79 Å².